The van der Waals surface area contributed by atoms with Gasteiger partial charge in [0.25, 0.3) is 5.69 Å². The van der Waals surface area contributed by atoms with Gasteiger partial charge in [0.1, 0.15) is 5.69 Å². The molecule has 7 heteroatoms. The molecule has 6 nitrogen and oxygen atoms in total. The van der Waals surface area contributed by atoms with E-state index in [1.165, 1.54) is 6.07 Å². The van der Waals surface area contributed by atoms with Crippen molar-refractivity contribution in [2.24, 2.45) is 0 Å². The first kappa shape index (κ1) is 14.2. The number of nitrogens with zero attached hydrogens (tertiary/aromatic N) is 1. The van der Waals surface area contributed by atoms with E-state index in [-0.39, 0.29) is 12.2 Å². The first-order valence-electron chi connectivity index (χ1n) is 5.98. The Morgan fingerprint density at radius 2 is 2.16 bits per heavy atom. The normalized spacial score (nSPS) is 18.0. The van der Waals surface area contributed by atoms with Crippen LogP contribution in [0.5, 0.6) is 0 Å². The Hall–Kier alpha value is -1.18. The van der Waals surface area contributed by atoms with Crippen molar-refractivity contribution in [3.8, 4) is 0 Å². The molecule has 0 unspecified atom stereocenters. The minimum Gasteiger partial charge on any atom is -0.388 e. The quantitative estimate of drug-likeness (QED) is 0.653. The average molecular weight is 331 g/mol. The summed E-state index contributed by atoms with van der Waals surface area (Å²) in [5.41, 5.74) is -0.466. The average Bonchev–Trinajstić information content (AvgIpc) is 2.37. The molecule has 2 N–H and O–H groups in total. The Balaban J connectivity index is 2.10. The van der Waals surface area contributed by atoms with Gasteiger partial charge in [0.15, 0.2) is 0 Å². The Bertz CT molecular complexity index is 475. The number of halogens is 1. The highest BCUT2D eigenvalue weighted by molar-refractivity contribution is 9.10. The van der Waals surface area contributed by atoms with Gasteiger partial charge >= 0.3 is 0 Å². The van der Waals surface area contributed by atoms with Crippen molar-refractivity contribution in [1.29, 1.82) is 0 Å². The van der Waals surface area contributed by atoms with Crippen LogP contribution in [-0.2, 0) is 4.74 Å². The van der Waals surface area contributed by atoms with Gasteiger partial charge in [-0.3, -0.25) is 10.1 Å². The van der Waals surface area contributed by atoms with Crippen molar-refractivity contribution in [3.05, 3.63) is 32.8 Å². The Labute approximate surface area is 119 Å². The zero-order valence-electron chi connectivity index (χ0n) is 10.3. The third-order valence-corrected chi connectivity index (χ3v) is 3.68. The van der Waals surface area contributed by atoms with Crippen LogP contribution in [0.15, 0.2) is 22.7 Å². The first-order valence-corrected chi connectivity index (χ1v) is 6.77. The maximum atomic E-state index is 10.9. The fourth-order valence-corrected chi connectivity index (χ4v) is 2.36. The number of rotatable bonds is 4. The molecule has 0 aromatic heterocycles. The number of anilines is 1. The monoisotopic (exact) mass is 330 g/mol. The maximum absolute atomic E-state index is 10.9. The molecule has 1 aliphatic heterocycles. The van der Waals surface area contributed by atoms with Crippen molar-refractivity contribution in [2.75, 3.05) is 25.1 Å². The van der Waals surface area contributed by atoms with Crippen LogP contribution in [0.25, 0.3) is 0 Å². The number of nitrogens with one attached hydrogen (secondary N) is 1. The molecular weight excluding hydrogens is 316 g/mol. The van der Waals surface area contributed by atoms with E-state index >= 15 is 0 Å². The van der Waals surface area contributed by atoms with E-state index < -0.39 is 10.5 Å². The fourth-order valence-electron chi connectivity index (χ4n) is 2.00. The molecule has 1 aromatic rings. The minimum atomic E-state index is -0.867. The summed E-state index contributed by atoms with van der Waals surface area (Å²) in [6.45, 7) is 1.30. The second-order valence-corrected chi connectivity index (χ2v) is 5.52. The predicted molar refractivity (Wildman–Crippen MR) is 74.3 cm³/mol. The van der Waals surface area contributed by atoms with Crippen LogP contribution in [0.2, 0.25) is 0 Å². The topological polar surface area (TPSA) is 84.6 Å². The molecule has 0 bridgehead atoms. The van der Waals surface area contributed by atoms with Crippen LogP contribution in [0.4, 0.5) is 11.4 Å². The summed E-state index contributed by atoms with van der Waals surface area (Å²) < 4.78 is 5.94. The molecule has 2 rings (SSSR count). The van der Waals surface area contributed by atoms with E-state index in [1.807, 2.05) is 0 Å². The van der Waals surface area contributed by atoms with Gasteiger partial charge in [-0.05, 0) is 12.1 Å². The lowest BCUT2D eigenvalue weighted by molar-refractivity contribution is -0.384. The molecule has 1 aliphatic rings. The third kappa shape index (κ3) is 3.65. The highest BCUT2D eigenvalue weighted by Crippen LogP contribution is 2.29. The van der Waals surface area contributed by atoms with E-state index in [0.717, 1.165) is 4.47 Å². The number of nitro groups is 1. The van der Waals surface area contributed by atoms with Gasteiger partial charge in [-0.2, -0.15) is 0 Å². The van der Waals surface area contributed by atoms with Gasteiger partial charge in [-0.25, -0.2) is 0 Å². The number of hydrogen-bond donors (Lipinski definition) is 2. The lowest BCUT2D eigenvalue weighted by atomic mass is 9.94. The molecule has 19 heavy (non-hydrogen) atoms. The summed E-state index contributed by atoms with van der Waals surface area (Å²) in [4.78, 5) is 10.5. The summed E-state index contributed by atoms with van der Waals surface area (Å²) in [7, 11) is 0. The summed E-state index contributed by atoms with van der Waals surface area (Å²) in [5.74, 6) is 0. The van der Waals surface area contributed by atoms with Crippen molar-refractivity contribution in [3.63, 3.8) is 0 Å². The molecule has 1 fully saturated rings. The van der Waals surface area contributed by atoms with Gasteiger partial charge in [-0.1, -0.05) is 15.9 Å². The van der Waals surface area contributed by atoms with Crippen LogP contribution >= 0.6 is 15.9 Å². The zero-order chi connectivity index (χ0) is 13.9. The lowest BCUT2D eigenvalue weighted by Crippen LogP contribution is -2.42. The Morgan fingerprint density at radius 3 is 2.79 bits per heavy atom. The second kappa shape index (κ2) is 5.85. The fraction of sp³-hybridized carbons (Fsp3) is 0.500. The molecule has 0 aliphatic carbocycles. The zero-order valence-corrected chi connectivity index (χ0v) is 11.9. The van der Waals surface area contributed by atoms with E-state index in [4.69, 9.17) is 4.74 Å². The largest absolute Gasteiger partial charge is 0.388 e. The van der Waals surface area contributed by atoms with Crippen molar-refractivity contribution in [1.82, 2.24) is 0 Å². The summed E-state index contributed by atoms with van der Waals surface area (Å²) >= 11 is 3.28. The van der Waals surface area contributed by atoms with Gasteiger partial charge in [0.2, 0.25) is 0 Å². The molecule has 0 spiro atoms. The number of benzene rings is 1. The summed E-state index contributed by atoms with van der Waals surface area (Å²) in [5, 5.41) is 24.2. The molecule has 0 radical (unpaired) electrons. The van der Waals surface area contributed by atoms with Crippen LogP contribution < -0.4 is 5.32 Å². The van der Waals surface area contributed by atoms with Crippen molar-refractivity contribution >= 4 is 27.3 Å². The van der Waals surface area contributed by atoms with Crippen molar-refractivity contribution < 1.29 is 14.8 Å². The molecule has 1 aromatic carbocycles. The van der Waals surface area contributed by atoms with E-state index in [2.05, 4.69) is 21.2 Å². The van der Waals surface area contributed by atoms with Crippen LogP contribution in [0.1, 0.15) is 12.8 Å². The van der Waals surface area contributed by atoms with Gasteiger partial charge < -0.3 is 15.2 Å². The second-order valence-electron chi connectivity index (χ2n) is 4.61. The molecule has 1 saturated heterocycles. The SMILES string of the molecule is O=[N+]([O-])c1ccc(Br)cc1NCC1(O)CCOCC1. The Kier molecular flexibility index (Phi) is 4.38. The maximum Gasteiger partial charge on any atom is 0.292 e. The summed E-state index contributed by atoms with van der Waals surface area (Å²) in [6.07, 6.45) is 1.06. The van der Waals surface area contributed by atoms with Gasteiger partial charge in [-0.15, -0.1) is 0 Å². The number of hydrogen-bond acceptors (Lipinski definition) is 5. The molecule has 0 atom stereocenters. The van der Waals surface area contributed by atoms with Gasteiger partial charge in [0, 0.05) is 43.1 Å². The Morgan fingerprint density at radius 1 is 1.47 bits per heavy atom. The molecule has 1 heterocycles. The predicted octanol–water partition coefficient (Wildman–Crippen LogP) is 2.31. The highest BCUT2D eigenvalue weighted by atomic mass is 79.9. The lowest BCUT2D eigenvalue weighted by Gasteiger charge is -2.32. The first-order chi connectivity index (χ1) is 9.00. The van der Waals surface area contributed by atoms with Crippen molar-refractivity contribution in [2.45, 2.75) is 18.4 Å². The van der Waals surface area contributed by atoms with Crippen LogP contribution in [0.3, 0.4) is 0 Å². The van der Waals surface area contributed by atoms with Crippen LogP contribution in [0, 0.1) is 10.1 Å². The smallest absolute Gasteiger partial charge is 0.292 e. The number of nitro benzene ring substituents is 1. The standard InChI is InChI=1S/C12H15BrN2O4/c13-9-1-2-11(15(17)18)10(7-9)14-8-12(16)3-5-19-6-4-12/h1-2,7,14,16H,3-6,8H2. The molecule has 0 amide bonds. The van der Waals surface area contributed by atoms with E-state index in [0.29, 0.717) is 31.7 Å². The van der Waals surface area contributed by atoms with E-state index in [9.17, 15) is 15.2 Å². The molecule has 104 valence electrons. The highest BCUT2D eigenvalue weighted by Gasteiger charge is 2.30. The van der Waals surface area contributed by atoms with Crippen LogP contribution in [-0.4, -0.2) is 35.4 Å². The third-order valence-electron chi connectivity index (χ3n) is 3.19. The van der Waals surface area contributed by atoms with E-state index in [1.54, 1.807) is 12.1 Å². The molecular formula is C12H15BrN2O4. The van der Waals surface area contributed by atoms with Gasteiger partial charge in [0.05, 0.1) is 10.5 Å². The molecule has 0 saturated carbocycles. The number of ether oxygens (including phenoxy) is 1. The minimum absolute atomic E-state index is 0.00106. The summed E-state index contributed by atoms with van der Waals surface area (Å²) in [6, 6.07) is 4.69. The number of aliphatic hydroxyl groups is 1.